The number of ether oxygens (including phenoxy) is 2. The molecule has 0 atom stereocenters. The number of allylic oxidation sites excluding steroid dienone is 1. The topological polar surface area (TPSA) is 74.1 Å². The highest BCUT2D eigenvalue weighted by atomic mass is 35.5. The molecule has 0 fully saturated rings. The van der Waals surface area contributed by atoms with Crippen molar-refractivity contribution in [2.45, 2.75) is 26.6 Å². The molecule has 1 heterocycles. The van der Waals surface area contributed by atoms with Crippen molar-refractivity contribution in [2.75, 3.05) is 11.9 Å². The largest absolute Gasteiger partial charge is 0.490 e. The Balaban J connectivity index is 1.75. The monoisotopic (exact) mass is 467 g/mol. The minimum absolute atomic E-state index is 0.250. The van der Waals surface area contributed by atoms with Gasteiger partial charge in [0.25, 0.3) is 0 Å². The van der Waals surface area contributed by atoms with Gasteiger partial charge in [-0.2, -0.15) is 0 Å². The molecule has 0 spiro atoms. The lowest BCUT2D eigenvalue weighted by molar-refractivity contribution is 0.269. The predicted octanol–water partition coefficient (Wildman–Crippen LogP) is 5.41. The molecule has 2 aromatic carbocycles. The molecule has 3 aromatic rings. The van der Waals surface area contributed by atoms with Gasteiger partial charge in [0.2, 0.25) is 5.95 Å². The van der Waals surface area contributed by atoms with Crippen LogP contribution in [0.3, 0.4) is 0 Å². The Bertz CT molecular complexity index is 1030. The van der Waals surface area contributed by atoms with Gasteiger partial charge in [0.05, 0.1) is 13.2 Å². The Labute approximate surface area is 189 Å². The number of halogens is 3. The molecule has 30 heavy (non-hydrogen) atoms. The van der Waals surface area contributed by atoms with Gasteiger partial charge < -0.3 is 14.8 Å². The molecule has 0 aliphatic carbocycles. The van der Waals surface area contributed by atoms with Crippen LogP contribution in [0.25, 0.3) is 0 Å². The van der Waals surface area contributed by atoms with E-state index in [1.54, 1.807) is 29.0 Å². The van der Waals surface area contributed by atoms with Gasteiger partial charge >= 0.3 is 0 Å². The normalized spacial score (nSPS) is 10.7. The van der Waals surface area contributed by atoms with Crippen LogP contribution in [-0.4, -0.2) is 26.8 Å². The van der Waals surface area contributed by atoms with E-state index < -0.39 is 0 Å². The van der Waals surface area contributed by atoms with E-state index in [-0.39, 0.29) is 6.61 Å². The van der Waals surface area contributed by atoms with E-state index in [1.807, 2.05) is 19.1 Å². The Morgan fingerprint density at radius 1 is 1.07 bits per heavy atom. The molecule has 0 radical (unpaired) electrons. The first kappa shape index (κ1) is 22.2. The fraction of sp³-hybridized carbons (Fsp3) is 0.250. The number of aromatic nitrogens is 4. The highest BCUT2D eigenvalue weighted by Gasteiger charge is 2.14. The molecule has 0 saturated heterocycles. The van der Waals surface area contributed by atoms with E-state index in [9.17, 15) is 0 Å². The summed E-state index contributed by atoms with van der Waals surface area (Å²) in [7, 11) is 0. The van der Waals surface area contributed by atoms with Gasteiger partial charge in [-0.25, -0.2) is 4.68 Å². The van der Waals surface area contributed by atoms with Crippen molar-refractivity contribution in [3.63, 3.8) is 0 Å². The minimum atomic E-state index is 0.250. The standard InChI is InChI=1S/C20H20Cl3N5O2/c1-3-7-28-20(25-26-27-28)24-11-14-8-18(29-4-2)19(10-17(14)23)30-12-13-5-6-15(21)9-16(13)22/h3,5-6,8-10H,1,4,7,11-12H2,2H3,(H,24,25,27). The van der Waals surface area contributed by atoms with Crippen LogP contribution in [0.2, 0.25) is 15.1 Å². The molecule has 158 valence electrons. The van der Waals surface area contributed by atoms with Crippen molar-refractivity contribution in [3.8, 4) is 11.5 Å². The quantitative estimate of drug-likeness (QED) is 0.401. The van der Waals surface area contributed by atoms with E-state index >= 15 is 0 Å². The second-order valence-corrected chi connectivity index (χ2v) is 7.43. The molecule has 0 saturated carbocycles. The van der Waals surface area contributed by atoms with Gasteiger partial charge in [0, 0.05) is 33.2 Å². The second kappa shape index (κ2) is 10.5. The van der Waals surface area contributed by atoms with Crippen LogP contribution in [0.1, 0.15) is 18.1 Å². The van der Waals surface area contributed by atoms with Crippen molar-refractivity contribution >= 4 is 40.8 Å². The van der Waals surface area contributed by atoms with E-state index in [0.717, 1.165) is 11.1 Å². The summed E-state index contributed by atoms with van der Waals surface area (Å²) >= 11 is 18.7. The minimum Gasteiger partial charge on any atom is -0.490 e. The Kier molecular flexibility index (Phi) is 7.79. The third-order valence-electron chi connectivity index (χ3n) is 4.08. The average Bonchev–Trinajstić information content (AvgIpc) is 3.15. The van der Waals surface area contributed by atoms with Crippen LogP contribution in [0.5, 0.6) is 11.5 Å². The number of rotatable bonds is 10. The summed E-state index contributed by atoms with van der Waals surface area (Å²) in [5, 5.41) is 16.3. The lowest BCUT2D eigenvalue weighted by Gasteiger charge is -2.16. The molecular formula is C20H20Cl3N5O2. The van der Waals surface area contributed by atoms with E-state index in [0.29, 0.717) is 52.2 Å². The summed E-state index contributed by atoms with van der Waals surface area (Å²) in [6, 6.07) is 8.81. The van der Waals surface area contributed by atoms with Gasteiger partial charge in [-0.05, 0) is 41.1 Å². The summed E-state index contributed by atoms with van der Waals surface area (Å²) in [5.74, 6) is 1.62. The molecular weight excluding hydrogens is 449 g/mol. The lowest BCUT2D eigenvalue weighted by Crippen LogP contribution is -2.09. The highest BCUT2D eigenvalue weighted by Crippen LogP contribution is 2.35. The Hall–Kier alpha value is -2.48. The van der Waals surface area contributed by atoms with Gasteiger partial charge in [0.1, 0.15) is 6.61 Å². The number of tetrazole rings is 1. The summed E-state index contributed by atoms with van der Waals surface area (Å²) < 4.78 is 13.3. The molecule has 0 aliphatic heterocycles. The third kappa shape index (κ3) is 5.56. The zero-order valence-electron chi connectivity index (χ0n) is 16.2. The van der Waals surface area contributed by atoms with Crippen LogP contribution < -0.4 is 14.8 Å². The second-order valence-electron chi connectivity index (χ2n) is 6.17. The van der Waals surface area contributed by atoms with E-state index in [4.69, 9.17) is 44.3 Å². The average molecular weight is 469 g/mol. The molecule has 0 bridgehead atoms. The Morgan fingerprint density at radius 2 is 1.83 bits per heavy atom. The van der Waals surface area contributed by atoms with Crippen LogP contribution in [-0.2, 0) is 19.7 Å². The molecule has 0 aliphatic rings. The first-order valence-electron chi connectivity index (χ1n) is 9.14. The van der Waals surface area contributed by atoms with Crippen LogP contribution in [0.15, 0.2) is 43.0 Å². The smallest absolute Gasteiger partial charge is 0.243 e. The van der Waals surface area contributed by atoms with Crippen LogP contribution >= 0.6 is 34.8 Å². The van der Waals surface area contributed by atoms with Crippen molar-refractivity contribution in [1.29, 1.82) is 0 Å². The first-order chi connectivity index (χ1) is 14.5. The lowest BCUT2D eigenvalue weighted by atomic mass is 10.2. The third-order valence-corrected chi connectivity index (χ3v) is 5.02. The molecule has 1 aromatic heterocycles. The van der Waals surface area contributed by atoms with Gasteiger partial charge in [-0.3, -0.25) is 0 Å². The summed E-state index contributed by atoms with van der Waals surface area (Å²) in [4.78, 5) is 0. The number of nitrogens with one attached hydrogen (secondary N) is 1. The van der Waals surface area contributed by atoms with E-state index in [1.165, 1.54) is 0 Å². The fourth-order valence-electron chi connectivity index (χ4n) is 2.64. The first-order valence-corrected chi connectivity index (χ1v) is 10.3. The number of hydrogen-bond donors (Lipinski definition) is 1. The Morgan fingerprint density at radius 3 is 2.57 bits per heavy atom. The highest BCUT2D eigenvalue weighted by molar-refractivity contribution is 6.35. The number of benzene rings is 2. The zero-order valence-corrected chi connectivity index (χ0v) is 18.5. The molecule has 10 heteroatoms. The molecule has 7 nitrogen and oxygen atoms in total. The van der Waals surface area contributed by atoms with Crippen LogP contribution in [0.4, 0.5) is 5.95 Å². The van der Waals surface area contributed by atoms with Crippen molar-refractivity contribution in [3.05, 3.63) is 69.2 Å². The van der Waals surface area contributed by atoms with Gasteiger partial charge in [0.15, 0.2) is 11.5 Å². The van der Waals surface area contributed by atoms with Crippen molar-refractivity contribution in [1.82, 2.24) is 20.2 Å². The van der Waals surface area contributed by atoms with Gasteiger partial charge in [-0.15, -0.1) is 6.58 Å². The summed E-state index contributed by atoms with van der Waals surface area (Å²) in [6.45, 7) is 7.21. The summed E-state index contributed by atoms with van der Waals surface area (Å²) in [6.07, 6.45) is 1.71. The number of anilines is 1. The van der Waals surface area contributed by atoms with Crippen molar-refractivity contribution in [2.24, 2.45) is 0 Å². The maximum atomic E-state index is 6.48. The van der Waals surface area contributed by atoms with Gasteiger partial charge in [-0.1, -0.05) is 52.0 Å². The molecule has 3 rings (SSSR count). The zero-order chi connectivity index (χ0) is 21.5. The predicted molar refractivity (Wildman–Crippen MR) is 119 cm³/mol. The fourth-order valence-corrected chi connectivity index (χ4v) is 3.32. The SMILES string of the molecule is C=CCn1nnnc1NCc1cc(OCC)c(OCc2ccc(Cl)cc2Cl)cc1Cl. The maximum Gasteiger partial charge on any atom is 0.243 e. The number of nitrogens with zero attached hydrogens (tertiary/aromatic N) is 4. The molecule has 1 N–H and O–H groups in total. The van der Waals surface area contributed by atoms with E-state index in [2.05, 4.69) is 27.4 Å². The maximum absolute atomic E-state index is 6.48. The van der Waals surface area contributed by atoms with Crippen molar-refractivity contribution < 1.29 is 9.47 Å². The summed E-state index contributed by atoms with van der Waals surface area (Å²) in [5.41, 5.74) is 1.62. The number of hydrogen-bond acceptors (Lipinski definition) is 6. The molecule has 0 unspecified atom stereocenters. The molecule has 0 amide bonds. The van der Waals surface area contributed by atoms with Crippen LogP contribution in [0, 0.1) is 0 Å².